The summed E-state index contributed by atoms with van der Waals surface area (Å²) in [4.78, 5) is 20.2. The van der Waals surface area contributed by atoms with E-state index in [0.29, 0.717) is 17.6 Å². The van der Waals surface area contributed by atoms with Gasteiger partial charge in [-0.3, -0.25) is 9.72 Å². The lowest BCUT2D eigenvalue weighted by molar-refractivity contribution is 0.187. The third-order valence-corrected chi connectivity index (χ3v) is 4.73. The first-order chi connectivity index (χ1) is 13.7. The number of nitrogens with one attached hydrogen (secondary N) is 1. The van der Waals surface area contributed by atoms with Crippen molar-refractivity contribution in [2.45, 2.75) is 18.8 Å². The molecule has 0 spiro atoms. The van der Waals surface area contributed by atoms with Gasteiger partial charge in [-0.15, -0.1) is 10.2 Å². The summed E-state index contributed by atoms with van der Waals surface area (Å²) in [6, 6.07) is 5.67. The van der Waals surface area contributed by atoms with E-state index < -0.39 is 6.09 Å². The van der Waals surface area contributed by atoms with Gasteiger partial charge in [0, 0.05) is 18.0 Å². The highest BCUT2D eigenvalue weighted by atomic mass is 16.5. The molecule has 0 atom stereocenters. The quantitative estimate of drug-likeness (QED) is 0.581. The summed E-state index contributed by atoms with van der Waals surface area (Å²) in [5.74, 6) is 1.39. The van der Waals surface area contributed by atoms with Crippen LogP contribution in [0.3, 0.4) is 0 Å². The Balaban J connectivity index is 1.59. The van der Waals surface area contributed by atoms with E-state index in [2.05, 4.69) is 36.3 Å². The van der Waals surface area contributed by atoms with Crippen LogP contribution in [0.15, 0.2) is 47.6 Å². The Hall–Kier alpha value is -3.75. The minimum atomic E-state index is -0.562. The highest BCUT2D eigenvalue weighted by Gasteiger charge is 2.28. The maximum Gasteiger partial charge on any atom is 0.412 e. The molecule has 1 amide bonds. The minimum Gasteiger partial charge on any atom is -0.453 e. The van der Waals surface area contributed by atoms with Crippen molar-refractivity contribution in [1.82, 2.24) is 24.6 Å². The van der Waals surface area contributed by atoms with Crippen LogP contribution in [-0.4, -0.2) is 37.8 Å². The zero-order valence-corrected chi connectivity index (χ0v) is 15.0. The molecule has 9 nitrogen and oxygen atoms in total. The summed E-state index contributed by atoms with van der Waals surface area (Å²) in [5, 5.41) is 10.4. The van der Waals surface area contributed by atoms with Gasteiger partial charge in [0.25, 0.3) is 0 Å². The topological polar surface area (TPSA) is 107 Å². The van der Waals surface area contributed by atoms with E-state index in [-0.39, 0.29) is 0 Å². The number of amides is 1. The summed E-state index contributed by atoms with van der Waals surface area (Å²) in [7, 11) is 1.31. The summed E-state index contributed by atoms with van der Waals surface area (Å²) in [6.07, 6.45) is 8.52. The van der Waals surface area contributed by atoms with E-state index in [1.165, 1.54) is 19.1 Å². The molecule has 1 aliphatic rings. The van der Waals surface area contributed by atoms with E-state index in [1.54, 1.807) is 12.3 Å². The zero-order chi connectivity index (χ0) is 19.1. The van der Waals surface area contributed by atoms with Gasteiger partial charge in [0.15, 0.2) is 0 Å². The first-order valence-corrected chi connectivity index (χ1v) is 8.82. The molecule has 0 aromatic carbocycles. The van der Waals surface area contributed by atoms with Crippen LogP contribution in [0.25, 0.3) is 28.4 Å². The van der Waals surface area contributed by atoms with Gasteiger partial charge in [0.1, 0.15) is 11.5 Å². The number of fused-ring (bicyclic) bond motifs is 1. The monoisotopic (exact) mass is 376 g/mol. The molecule has 1 N–H and O–H groups in total. The Bertz CT molecular complexity index is 1150. The van der Waals surface area contributed by atoms with Crippen LogP contribution < -0.4 is 5.32 Å². The Morgan fingerprint density at radius 1 is 1.25 bits per heavy atom. The van der Waals surface area contributed by atoms with Gasteiger partial charge in [-0.25, -0.2) is 14.8 Å². The molecule has 4 aromatic rings. The highest BCUT2D eigenvalue weighted by Crippen LogP contribution is 2.43. The first-order valence-electron chi connectivity index (χ1n) is 8.82. The zero-order valence-electron chi connectivity index (χ0n) is 15.0. The number of anilines is 1. The fourth-order valence-corrected chi connectivity index (χ4v) is 3.21. The number of hydrogen-bond acceptors (Lipinski definition) is 7. The molecule has 0 saturated heterocycles. The normalized spacial score (nSPS) is 13.6. The van der Waals surface area contributed by atoms with E-state index in [0.717, 1.165) is 35.3 Å². The molecule has 0 unspecified atom stereocenters. The van der Waals surface area contributed by atoms with Crippen LogP contribution in [0.4, 0.5) is 10.6 Å². The molecule has 1 aliphatic carbocycles. The van der Waals surface area contributed by atoms with E-state index >= 15 is 0 Å². The lowest BCUT2D eigenvalue weighted by Crippen LogP contribution is -2.11. The van der Waals surface area contributed by atoms with Crippen molar-refractivity contribution < 1.29 is 13.9 Å². The average Bonchev–Trinajstić information content (AvgIpc) is 3.24. The number of methoxy groups -OCH3 is 1. The Morgan fingerprint density at radius 2 is 2.14 bits per heavy atom. The van der Waals surface area contributed by atoms with Gasteiger partial charge in [-0.1, -0.05) is 0 Å². The van der Waals surface area contributed by atoms with Crippen molar-refractivity contribution in [1.29, 1.82) is 0 Å². The van der Waals surface area contributed by atoms with E-state index in [1.807, 2.05) is 22.9 Å². The molecule has 0 radical (unpaired) electrons. The van der Waals surface area contributed by atoms with Crippen molar-refractivity contribution in [3.05, 3.63) is 48.7 Å². The van der Waals surface area contributed by atoms with Crippen LogP contribution in [0.2, 0.25) is 0 Å². The summed E-state index contributed by atoms with van der Waals surface area (Å²) < 4.78 is 12.0. The third-order valence-electron chi connectivity index (χ3n) is 4.73. The fourth-order valence-electron chi connectivity index (χ4n) is 3.21. The van der Waals surface area contributed by atoms with E-state index in [9.17, 15) is 4.79 Å². The van der Waals surface area contributed by atoms with Crippen LogP contribution in [0.5, 0.6) is 0 Å². The smallest absolute Gasteiger partial charge is 0.412 e. The molecule has 4 heterocycles. The standard InChI is InChI=1S/C19H16N6O3/c1-27-19(26)23-16-5-4-12(7-20-16)15-8-21-17-14(11-2-3-11)6-13(9-25(15)17)18-24-22-10-28-18/h4-11H,2-3H2,1H3,(H,20,23,26). The maximum absolute atomic E-state index is 11.3. The van der Waals surface area contributed by atoms with Crippen molar-refractivity contribution >= 4 is 17.6 Å². The van der Waals surface area contributed by atoms with Crippen LogP contribution in [0, 0.1) is 0 Å². The molecule has 0 bridgehead atoms. The SMILES string of the molecule is COC(=O)Nc1ccc(-c2cnc3c(C4CC4)cc(-c4nnco4)cn23)cn1. The number of ether oxygens (including phenoxy) is 1. The Morgan fingerprint density at radius 3 is 2.82 bits per heavy atom. The summed E-state index contributed by atoms with van der Waals surface area (Å²) in [6.45, 7) is 0. The Kier molecular flexibility index (Phi) is 3.78. The number of aromatic nitrogens is 5. The third kappa shape index (κ3) is 2.86. The summed E-state index contributed by atoms with van der Waals surface area (Å²) >= 11 is 0. The Labute approximate surface area is 159 Å². The lowest BCUT2D eigenvalue weighted by atomic mass is 10.1. The van der Waals surface area contributed by atoms with Gasteiger partial charge in [-0.05, 0) is 42.5 Å². The number of hydrogen-bond donors (Lipinski definition) is 1. The minimum absolute atomic E-state index is 0.412. The van der Waals surface area contributed by atoms with E-state index in [4.69, 9.17) is 4.42 Å². The van der Waals surface area contributed by atoms with Gasteiger partial charge in [0.2, 0.25) is 12.3 Å². The fraction of sp³-hybridized carbons (Fsp3) is 0.211. The molecule has 1 fully saturated rings. The number of carbonyl (C=O) groups is 1. The number of carbonyl (C=O) groups excluding carboxylic acids is 1. The van der Waals surface area contributed by atoms with Gasteiger partial charge >= 0.3 is 6.09 Å². The van der Waals surface area contributed by atoms with Crippen molar-refractivity contribution in [2.24, 2.45) is 0 Å². The molecule has 0 aliphatic heterocycles. The molecule has 4 aromatic heterocycles. The number of rotatable bonds is 4. The molecule has 9 heteroatoms. The molecule has 28 heavy (non-hydrogen) atoms. The van der Waals surface area contributed by atoms with Crippen molar-refractivity contribution in [3.63, 3.8) is 0 Å². The second kappa shape index (κ2) is 6.45. The predicted molar refractivity (Wildman–Crippen MR) is 99.7 cm³/mol. The van der Waals surface area contributed by atoms with Crippen molar-refractivity contribution in [3.8, 4) is 22.7 Å². The molecule has 140 valence electrons. The predicted octanol–water partition coefficient (Wildman–Crippen LogP) is 3.50. The molecule has 1 saturated carbocycles. The molecular weight excluding hydrogens is 360 g/mol. The van der Waals surface area contributed by atoms with Crippen LogP contribution >= 0.6 is 0 Å². The second-order valence-electron chi connectivity index (χ2n) is 6.59. The van der Waals surface area contributed by atoms with Crippen molar-refractivity contribution in [2.75, 3.05) is 12.4 Å². The average molecular weight is 376 g/mol. The van der Waals surface area contributed by atoms with Gasteiger partial charge in [-0.2, -0.15) is 0 Å². The van der Waals surface area contributed by atoms with Crippen LogP contribution in [0.1, 0.15) is 24.3 Å². The second-order valence-corrected chi connectivity index (χ2v) is 6.59. The number of pyridine rings is 2. The molecule has 5 rings (SSSR count). The number of imidazole rings is 1. The largest absolute Gasteiger partial charge is 0.453 e. The van der Waals surface area contributed by atoms with Crippen LogP contribution in [-0.2, 0) is 4.74 Å². The summed E-state index contributed by atoms with van der Waals surface area (Å²) in [5.41, 5.74) is 4.70. The first kappa shape index (κ1) is 16.4. The van der Waals surface area contributed by atoms with Gasteiger partial charge < -0.3 is 9.15 Å². The maximum atomic E-state index is 11.3. The number of nitrogens with zero attached hydrogens (tertiary/aromatic N) is 5. The lowest BCUT2D eigenvalue weighted by Gasteiger charge is -2.08. The van der Waals surface area contributed by atoms with Gasteiger partial charge in [0.05, 0.1) is 24.6 Å². The highest BCUT2D eigenvalue weighted by molar-refractivity contribution is 5.83. The molecular formula is C19H16N6O3.